The Morgan fingerprint density at radius 1 is 0.967 bits per heavy atom. The topological polar surface area (TPSA) is 69.4 Å². The van der Waals surface area contributed by atoms with E-state index in [0.717, 1.165) is 23.8 Å². The van der Waals surface area contributed by atoms with E-state index in [0.29, 0.717) is 17.2 Å². The number of hydrogen-bond donors (Lipinski definition) is 0. The highest BCUT2D eigenvalue weighted by atomic mass is 32.2. The summed E-state index contributed by atoms with van der Waals surface area (Å²) in [6.07, 6.45) is -4.68. The lowest BCUT2D eigenvalue weighted by molar-refractivity contribution is -0.137. The Kier molecular flexibility index (Phi) is 4.77. The van der Waals surface area contributed by atoms with E-state index in [1.807, 2.05) is 19.1 Å². The molecule has 0 fully saturated rings. The third-order valence-corrected chi connectivity index (χ3v) is 5.54. The fourth-order valence-corrected chi connectivity index (χ4v) is 3.86. The Bertz CT molecular complexity index is 1340. The number of halogens is 3. The maximum Gasteiger partial charge on any atom is 0.416 e. The number of aromatic nitrogens is 1. The van der Waals surface area contributed by atoms with Gasteiger partial charge >= 0.3 is 16.3 Å². The first-order valence-electron chi connectivity index (χ1n) is 8.72. The van der Waals surface area contributed by atoms with Crippen LogP contribution in [-0.2, 0) is 16.3 Å². The van der Waals surface area contributed by atoms with E-state index in [1.54, 1.807) is 18.2 Å². The fraction of sp³-hybridized carbons (Fsp3) is 0.0952. The summed E-state index contributed by atoms with van der Waals surface area (Å²) in [5.41, 5.74) is 1.22. The normalized spacial score (nSPS) is 12.3. The second-order valence-electron chi connectivity index (χ2n) is 6.55. The van der Waals surface area contributed by atoms with Crippen LogP contribution < -0.4 is 4.18 Å². The summed E-state index contributed by atoms with van der Waals surface area (Å²) in [6, 6.07) is 14.9. The molecule has 154 valence electrons. The van der Waals surface area contributed by atoms with Crippen LogP contribution in [0.5, 0.6) is 5.75 Å². The minimum absolute atomic E-state index is 0.113. The number of para-hydroxylation sites is 1. The van der Waals surface area contributed by atoms with Crippen molar-refractivity contribution >= 4 is 21.2 Å². The summed E-state index contributed by atoms with van der Waals surface area (Å²) in [6.45, 7) is 1.90. The second kappa shape index (κ2) is 7.17. The molecule has 0 spiro atoms. The highest BCUT2D eigenvalue weighted by Crippen LogP contribution is 2.35. The average Bonchev–Trinajstić information content (AvgIpc) is 3.10. The molecule has 0 atom stereocenters. The molecule has 0 aliphatic carbocycles. The lowest BCUT2D eigenvalue weighted by Crippen LogP contribution is -2.12. The van der Waals surface area contributed by atoms with Crippen molar-refractivity contribution in [3.05, 3.63) is 77.9 Å². The highest BCUT2D eigenvalue weighted by molar-refractivity contribution is 7.87. The molecule has 1 aromatic heterocycles. The monoisotopic (exact) mass is 433 g/mol. The van der Waals surface area contributed by atoms with E-state index in [9.17, 15) is 21.6 Å². The molecule has 9 heteroatoms. The van der Waals surface area contributed by atoms with Gasteiger partial charge in [-0.05, 0) is 55.0 Å². The summed E-state index contributed by atoms with van der Waals surface area (Å²) in [7, 11) is -4.53. The van der Waals surface area contributed by atoms with E-state index in [1.165, 1.54) is 12.1 Å². The smallest absolute Gasteiger partial charge is 0.416 e. The van der Waals surface area contributed by atoms with Gasteiger partial charge in [0.05, 0.1) is 11.1 Å². The minimum atomic E-state index is -4.68. The quantitative estimate of drug-likeness (QED) is 0.393. The van der Waals surface area contributed by atoms with Gasteiger partial charge in [0.25, 0.3) is 0 Å². The van der Waals surface area contributed by atoms with Crippen LogP contribution in [0.4, 0.5) is 13.2 Å². The predicted octanol–water partition coefficient (Wildman–Crippen LogP) is 5.59. The Labute approximate surface area is 169 Å². The second-order valence-corrected chi connectivity index (χ2v) is 8.10. The van der Waals surface area contributed by atoms with Gasteiger partial charge in [-0.1, -0.05) is 24.3 Å². The lowest BCUT2D eigenvalue weighted by atomic mass is 10.2. The van der Waals surface area contributed by atoms with Crippen molar-refractivity contribution in [2.45, 2.75) is 18.0 Å². The number of nitrogens with zero attached hydrogens (tertiary/aromatic N) is 1. The van der Waals surface area contributed by atoms with Crippen molar-refractivity contribution in [3.8, 4) is 17.2 Å². The molecule has 0 saturated carbocycles. The van der Waals surface area contributed by atoms with Gasteiger partial charge in [-0.3, -0.25) is 0 Å². The molecule has 0 unspecified atom stereocenters. The molecule has 0 aliphatic rings. The van der Waals surface area contributed by atoms with Crippen LogP contribution in [0, 0.1) is 6.92 Å². The molecule has 4 rings (SSSR count). The summed E-state index contributed by atoms with van der Waals surface area (Å²) in [5.74, 6) is 0.0173. The maximum absolute atomic E-state index is 12.9. The van der Waals surface area contributed by atoms with Crippen molar-refractivity contribution in [2.24, 2.45) is 0 Å². The molecule has 30 heavy (non-hydrogen) atoms. The first-order valence-corrected chi connectivity index (χ1v) is 10.1. The third kappa shape index (κ3) is 3.88. The van der Waals surface area contributed by atoms with Gasteiger partial charge in [-0.25, -0.2) is 4.98 Å². The number of hydrogen-bond acceptors (Lipinski definition) is 5. The van der Waals surface area contributed by atoms with Crippen LogP contribution in [0.15, 0.2) is 76.0 Å². The summed E-state index contributed by atoms with van der Waals surface area (Å²) >= 11 is 0. The van der Waals surface area contributed by atoms with Crippen LogP contribution in [0.25, 0.3) is 22.6 Å². The van der Waals surface area contributed by atoms with E-state index in [2.05, 4.69) is 4.98 Å². The van der Waals surface area contributed by atoms with Crippen molar-refractivity contribution < 1.29 is 30.2 Å². The van der Waals surface area contributed by atoms with Gasteiger partial charge in [-0.2, -0.15) is 21.6 Å². The highest BCUT2D eigenvalue weighted by Gasteiger charge is 2.32. The molecular formula is C21H14F3NO4S. The van der Waals surface area contributed by atoms with Crippen molar-refractivity contribution in [1.82, 2.24) is 4.98 Å². The van der Waals surface area contributed by atoms with Crippen LogP contribution >= 0.6 is 0 Å². The number of oxazole rings is 1. The largest absolute Gasteiger partial charge is 0.436 e. The van der Waals surface area contributed by atoms with E-state index in [-0.39, 0.29) is 17.2 Å². The average molecular weight is 433 g/mol. The molecule has 5 nitrogen and oxygen atoms in total. The summed E-state index contributed by atoms with van der Waals surface area (Å²) < 4.78 is 75.0. The van der Waals surface area contributed by atoms with Crippen LogP contribution in [0.3, 0.4) is 0 Å². The first kappa shape index (κ1) is 20.0. The molecule has 4 aromatic rings. The van der Waals surface area contributed by atoms with Gasteiger partial charge in [0.1, 0.15) is 10.4 Å². The molecule has 0 aliphatic heterocycles. The standard InChI is InChI=1S/C21H14F3NO4S/c1-13-9-10-19-17(11-13)25-20(28-19)16-7-2-3-8-18(16)29-30(26,27)15-6-4-5-14(12-15)21(22,23)24/h2-12H,1H3. The van der Waals surface area contributed by atoms with E-state index < -0.39 is 26.8 Å². The number of aryl methyl sites for hydroxylation is 1. The summed E-state index contributed by atoms with van der Waals surface area (Å²) in [4.78, 5) is 3.75. The van der Waals surface area contributed by atoms with Crippen LogP contribution in [0.2, 0.25) is 0 Å². The Hall–Kier alpha value is -3.33. The van der Waals surface area contributed by atoms with Crippen LogP contribution in [0.1, 0.15) is 11.1 Å². The van der Waals surface area contributed by atoms with Gasteiger partial charge in [-0.15, -0.1) is 0 Å². The van der Waals surface area contributed by atoms with Gasteiger partial charge in [0.15, 0.2) is 11.3 Å². The maximum atomic E-state index is 12.9. The Balaban J connectivity index is 1.74. The van der Waals surface area contributed by atoms with E-state index in [4.69, 9.17) is 8.60 Å². The Morgan fingerprint density at radius 3 is 2.50 bits per heavy atom. The zero-order valence-electron chi connectivity index (χ0n) is 15.5. The van der Waals surface area contributed by atoms with E-state index >= 15 is 0 Å². The number of rotatable bonds is 4. The van der Waals surface area contributed by atoms with Gasteiger partial charge < -0.3 is 8.60 Å². The molecule has 0 N–H and O–H groups in total. The first-order chi connectivity index (χ1) is 14.1. The number of benzene rings is 3. The number of alkyl halides is 3. The fourth-order valence-electron chi connectivity index (χ4n) is 2.86. The predicted molar refractivity (Wildman–Crippen MR) is 103 cm³/mol. The molecule has 1 heterocycles. The SMILES string of the molecule is Cc1ccc2oc(-c3ccccc3OS(=O)(=O)c3cccc(C(F)(F)F)c3)nc2c1. The van der Waals surface area contributed by atoms with Gasteiger partial charge in [0.2, 0.25) is 5.89 Å². The van der Waals surface area contributed by atoms with Crippen molar-refractivity contribution in [2.75, 3.05) is 0 Å². The molecule has 0 saturated heterocycles. The Morgan fingerprint density at radius 2 is 1.73 bits per heavy atom. The third-order valence-electron chi connectivity index (χ3n) is 4.31. The molecule has 3 aromatic carbocycles. The molecular weight excluding hydrogens is 419 g/mol. The van der Waals surface area contributed by atoms with Crippen LogP contribution in [-0.4, -0.2) is 13.4 Å². The number of fused-ring (bicyclic) bond motifs is 1. The summed E-state index contributed by atoms with van der Waals surface area (Å²) in [5, 5.41) is 0. The zero-order valence-corrected chi connectivity index (χ0v) is 16.3. The molecule has 0 bridgehead atoms. The molecule has 0 amide bonds. The lowest BCUT2D eigenvalue weighted by Gasteiger charge is -2.11. The van der Waals surface area contributed by atoms with Crippen molar-refractivity contribution in [1.29, 1.82) is 0 Å². The zero-order chi connectivity index (χ0) is 21.5. The van der Waals surface area contributed by atoms with Crippen molar-refractivity contribution in [3.63, 3.8) is 0 Å². The minimum Gasteiger partial charge on any atom is -0.436 e. The molecule has 0 radical (unpaired) electrons. The van der Waals surface area contributed by atoms with Gasteiger partial charge in [0, 0.05) is 0 Å².